The second-order valence-corrected chi connectivity index (χ2v) is 9.26. The Hall–Kier alpha value is -3.73. The first kappa shape index (κ1) is 23.4. The number of carbonyl (C=O) groups excluding carboxylic acids is 2. The summed E-state index contributed by atoms with van der Waals surface area (Å²) in [4.78, 5) is 37.7. The second kappa shape index (κ2) is 10.0. The van der Waals surface area contributed by atoms with Gasteiger partial charge in [-0.15, -0.1) is 0 Å². The maximum atomic E-state index is 12.9. The van der Waals surface area contributed by atoms with E-state index < -0.39 is 5.91 Å². The number of aromatic nitrogens is 3. The molecule has 2 amide bonds. The fourth-order valence-electron chi connectivity index (χ4n) is 3.84. The molecule has 1 saturated heterocycles. The standard InChI is InChI=1S/C23H28N8O2S/c1-14-10-19(34-29-14)28-22-20(21(24)32)25-12-18(27-22)31-9-5-7-16(13-31)26-23(33)15-6-4-8-17(11-15)30(2)3/h4,6,8,10-12,16H,5,7,9,13H2,1-3H3,(H2,24,32)(H,26,33)(H,27,28). The largest absolute Gasteiger partial charge is 0.378 e. The number of piperidine rings is 1. The Labute approximate surface area is 202 Å². The zero-order valence-electron chi connectivity index (χ0n) is 19.4. The number of aryl methyl sites for hydroxylation is 1. The Morgan fingerprint density at radius 2 is 2.09 bits per heavy atom. The summed E-state index contributed by atoms with van der Waals surface area (Å²) in [6.45, 7) is 3.24. The van der Waals surface area contributed by atoms with Gasteiger partial charge in [0.25, 0.3) is 11.8 Å². The first-order valence-electron chi connectivity index (χ1n) is 11.0. The summed E-state index contributed by atoms with van der Waals surface area (Å²) in [5.74, 6) is 0.141. The van der Waals surface area contributed by atoms with Gasteiger partial charge in [0, 0.05) is 44.5 Å². The van der Waals surface area contributed by atoms with Crippen molar-refractivity contribution in [2.75, 3.05) is 42.3 Å². The van der Waals surface area contributed by atoms with Gasteiger partial charge in [-0.05, 0) is 55.6 Å². The average Bonchev–Trinajstić information content (AvgIpc) is 3.23. The monoisotopic (exact) mass is 480 g/mol. The van der Waals surface area contributed by atoms with E-state index in [0.717, 1.165) is 35.8 Å². The molecule has 10 nitrogen and oxygen atoms in total. The van der Waals surface area contributed by atoms with E-state index in [1.54, 1.807) is 6.20 Å². The molecule has 4 N–H and O–H groups in total. The fraction of sp³-hybridized carbons (Fsp3) is 0.348. The number of anilines is 4. The van der Waals surface area contributed by atoms with E-state index >= 15 is 0 Å². The molecule has 1 unspecified atom stereocenters. The summed E-state index contributed by atoms with van der Waals surface area (Å²) in [7, 11) is 3.89. The Morgan fingerprint density at radius 3 is 2.79 bits per heavy atom. The molecule has 2 aromatic heterocycles. The van der Waals surface area contributed by atoms with Crippen LogP contribution in [0.4, 0.5) is 22.3 Å². The number of rotatable bonds is 7. The molecule has 0 radical (unpaired) electrons. The SMILES string of the molecule is Cc1cc(Nc2nc(N3CCCC(NC(=O)c4cccc(N(C)C)c4)C3)cnc2C(N)=O)sn1. The smallest absolute Gasteiger partial charge is 0.271 e. The normalized spacial score (nSPS) is 15.6. The Balaban J connectivity index is 1.49. The predicted octanol–water partition coefficient (Wildman–Crippen LogP) is 2.55. The quantitative estimate of drug-likeness (QED) is 0.470. The number of primary amides is 1. The van der Waals surface area contributed by atoms with Crippen LogP contribution in [-0.4, -0.2) is 59.4 Å². The van der Waals surface area contributed by atoms with Crippen molar-refractivity contribution < 1.29 is 9.59 Å². The Morgan fingerprint density at radius 1 is 1.26 bits per heavy atom. The van der Waals surface area contributed by atoms with Crippen molar-refractivity contribution in [3.8, 4) is 0 Å². The number of carbonyl (C=O) groups is 2. The highest BCUT2D eigenvalue weighted by Gasteiger charge is 2.25. The highest BCUT2D eigenvalue weighted by atomic mass is 32.1. The van der Waals surface area contributed by atoms with E-state index in [1.165, 1.54) is 11.5 Å². The molecule has 178 valence electrons. The second-order valence-electron chi connectivity index (χ2n) is 8.45. The molecule has 1 aromatic carbocycles. The lowest BCUT2D eigenvalue weighted by Gasteiger charge is -2.34. The molecule has 1 fully saturated rings. The van der Waals surface area contributed by atoms with Crippen molar-refractivity contribution in [3.63, 3.8) is 0 Å². The van der Waals surface area contributed by atoms with Crippen LogP contribution in [-0.2, 0) is 0 Å². The highest BCUT2D eigenvalue weighted by molar-refractivity contribution is 7.10. The number of nitrogens with zero attached hydrogens (tertiary/aromatic N) is 5. The first-order chi connectivity index (χ1) is 16.3. The van der Waals surface area contributed by atoms with Crippen LogP contribution in [0.1, 0.15) is 39.4 Å². The summed E-state index contributed by atoms with van der Waals surface area (Å²) in [6.07, 6.45) is 3.31. The van der Waals surface area contributed by atoms with Crippen LogP contribution in [0, 0.1) is 6.92 Å². The van der Waals surface area contributed by atoms with Crippen LogP contribution < -0.4 is 26.2 Å². The lowest BCUT2D eigenvalue weighted by atomic mass is 10.0. The molecule has 0 spiro atoms. The summed E-state index contributed by atoms with van der Waals surface area (Å²) < 4.78 is 4.24. The van der Waals surface area contributed by atoms with Gasteiger partial charge in [-0.3, -0.25) is 9.59 Å². The number of benzene rings is 1. The molecule has 3 aromatic rings. The van der Waals surface area contributed by atoms with Crippen molar-refractivity contribution >= 4 is 45.7 Å². The van der Waals surface area contributed by atoms with Gasteiger partial charge in [0.1, 0.15) is 10.8 Å². The van der Waals surface area contributed by atoms with E-state index in [-0.39, 0.29) is 17.6 Å². The van der Waals surface area contributed by atoms with E-state index in [1.807, 2.05) is 56.3 Å². The summed E-state index contributed by atoms with van der Waals surface area (Å²) in [5, 5.41) is 7.00. The molecule has 11 heteroatoms. The van der Waals surface area contributed by atoms with Crippen LogP contribution >= 0.6 is 11.5 Å². The molecule has 0 saturated carbocycles. The fourth-order valence-corrected chi connectivity index (χ4v) is 4.50. The minimum atomic E-state index is -0.661. The minimum absolute atomic E-state index is 0.0394. The number of amides is 2. The van der Waals surface area contributed by atoms with Crippen LogP contribution in [0.2, 0.25) is 0 Å². The third kappa shape index (κ3) is 5.42. The molecule has 3 heterocycles. The molecule has 0 bridgehead atoms. The first-order valence-corrected chi connectivity index (χ1v) is 11.8. The van der Waals surface area contributed by atoms with E-state index in [2.05, 4.69) is 29.9 Å². The van der Waals surface area contributed by atoms with Gasteiger partial charge in [0.2, 0.25) is 0 Å². The van der Waals surface area contributed by atoms with E-state index in [0.29, 0.717) is 23.7 Å². The Kier molecular flexibility index (Phi) is 6.92. The van der Waals surface area contributed by atoms with Gasteiger partial charge in [-0.2, -0.15) is 4.37 Å². The zero-order valence-corrected chi connectivity index (χ0v) is 20.2. The number of nitrogens with one attached hydrogen (secondary N) is 2. The predicted molar refractivity (Wildman–Crippen MR) is 134 cm³/mol. The van der Waals surface area contributed by atoms with Crippen LogP contribution in [0.3, 0.4) is 0 Å². The van der Waals surface area contributed by atoms with Crippen molar-refractivity contribution in [2.24, 2.45) is 5.73 Å². The Bertz CT molecular complexity index is 1200. The van der Waals surface area contributed by atoms with Crippen molar-refractivity contribution in [2.45, 2.75) is 25.8 Å². The van der Waals surface area contributed by atoms with Crippen LogP contribution in [0.5, 0.6) is 0 Å². The van der Waals surface area contributed by atoms with Gasteiger partial charge < -0.3 is 26.2 Å². The summed E-state index contributed by atoms with van der Waals surface area (Å²) in [5.41, 5.74) is 8.03. The molecule has 34 heavy (non-hydrogen) atoms. The van der Waals surface area contributed by atoms with Crippen molar-refractivity contribution in [3.05, 3.63) is 53.5 Å². The molecule has 1 atom stereocenters. The third-order valence-electron chi connectivity index (χ3n) is 5.57. The lowest BCUT2D eigenvalue weighted by molar-refractivity contribution is 0.0932. The van der Waals surface area contributed by atoms with Gasteiger partial charge in [-0.1, -0.05) is 6.07 Å². The third-order valence-corrected chi connectivity index (χ3v) is 6.36. The van der Waals surface area contributed by atoms with Gasteiger partial charge in [0.15, 0.2) is 11.5 Å². The highest BCUT2D eigenvalue weighted by Crippen LogP contribution is 2.25. The summed E-state index contributed by atoms with van der Waals surface area (Å²) >= 11 is 1.27. The molecule has 1 aliphatic heterocycles. The number of hydrogen-bond donors (Lipinski definition) is 3. The molecule has 1 aliphatic rings. The molecular weight excluding hydrogens is 452 g/mol. The molecular formula is C23H28N8O2S. The maximum absolute atomic E-state index is 12.9. The van der Waals surface area contributed by atoms with Crippen molar-refractivity contribution in [1.82, 2.24) is 19.7 Å². The summed E-state index contributed by atoms with van der Waals surface area (Å²) in [6, 6.07) is 9.36. The number of hydrogen-bond acceptors (Lipinski definition) is 9. The van der Waals surface area contributed by atoms with Gasteiger partial charge in [-0.25, -0.2) is 9.97 Å². The van der Waals surface area contributed by atoms with E-state index in [9.17, 15) is 9.59 Å². The van der Waals surface area contributed by atoms with Gasteiger partial charge >= 0.3 is 0 Å². The average molecular weight is 481 g/mol. The van der Waals surface area contributed by atoms with E-state index in [4.69, 9.17) is 5.73 Å². The minimum Gasteiger partial charge on any atom is -0.378 e. The number of nitrogens with two attached hydrogens (primary N) is 1. The lowest BCUT2D eigenvalue weighted by Crippen LogP contribution is -2.48. The molecule has 0 aliphatic carbocycles. The van der Waals surface area contributed by atoms with Crippen LogP contribution in [0.15, 0.2) is 36.5 Å². The maximum Gasteiger partial charge on any atom is 0.271 e. The van der Waals surface area contributed by atoms with Crippen LogP contribution in [0.25, 0.3) is 0 Å². The van der Waals surface area contributed by atoms with Gasteiger partial charge in [0.05, 0.1) is 11.9 Å². The topological polar surface area (TPSA) is 129 Å². The zero-order chi connectivity index (χ0) is 24.2. The molecule has 4 rings (SSSR count). The van der Waals surface area contributed by atoms with Crippen molar-refractivity contribution in [1.29, 1.82) is 0 Å².